The molecule has 0 radical (unpaired) electrons. The largest absolute Gasteiger partial charge is 0.489 e. The highest BCUT2D eigenvalue weighted by Crippen LogP contribution is 2.17. The van der Waals surface area contributed by atoms with Gasteiger partial charge in [-0.15, -0.1) is 0 Å². The van der Waals surface area contributed by atoms with Gasteiger partial charge in [0.05, 0.1) is 7.11 Å². The predicted molar refractivity (Wildman–Crippen MR) is 92.0 cm³/mol. The quantitative estimate of drug-likeness (QED) is 0.709. The minimum absolute atomic E-state index is 0.237. The maximum absolute atomic E-state index is 11.8. The summed E-state index contributed by atoms with van der Waals surface area (Å²) in [6, 6.07) is 16.2. The fraction of sp³-hybridized carbons (Fsp3) is 0.263. The second-order valence-corrected chi connectivity index (χ2v) is 5.43. The van der Waals surface area contributed by atoms with E-state index < -0.39 is 24.5 Å². The normalized spacial score (nSPS) is 11.4. The summed E-state index contributed by atoms with van der Waals surface area (Å²) in [5.74, 6) is -0.539. The summed E-state index contributed by atoms with van der Waals surface area (Å²) < 4.78 is 10.5. The minimum Gasteiger partial charge on any atom is -0.489 e. The summed E-state index contributed by atoms with van der Waals surface area (Å²) >= 11 is 0. The Bertz CT molecular complexity index is 702. The second kappa shape index (κ2) is 9.44. The van der Waals surface area contributed by atoms with E-state index >= 15 is 0 Å². The number of benzene rings is 2. The summed E-state index contributed by atoms with van der Waals surface area (Å²) in [5.41, 5.74) is 1.86. The van der Waals surface area contributed by atoms with E-state index in [0.29, 0.717) is 12.4 Å². The molecule has 132 valence electrons. The van der Waals surface area contributed by atoms with Crippen LogP contribution >= 0.6 is 0 Å². The van der Waals surface area contributed by atoms with Crippen LogP contribution in [-0.4, -0.2) is 36.7 Å². The van der Waals surface area contributed by atoms with Crippen molar-refractivity contribution in [2.24, 2.45) is 0 Å². The van der Waals surface area contributed by atoms with Gasteiger partial charge < -0.3 is 19.9 Å². The number of aliphatic hydroxyl groups excluding tert-OH is 1. The monoisotopic (exact) mass is 343 g/mol. The first-order valence-corrected chi connectivity index (χ1v) is 7.86. The first kappa shape index (κ1) is 18.5. The number of hydrogen-bond acceptors (Lipinski definition) is 5. The predicted octanol–water partition coefficient (Wildman–Crippen LogP) is 1.46. The van der Waals surface area contributed by atoms with Crippen LogP contribution in [0.25, 0.3) is 0 Å². The van der Waals surface area contributed by atoms with Crippen LogP contribution < -0.4 is 10.1 Å². The lowest BCUT2D eigenvalue weighted by molar-refractivity contribution is -0.145. The average molecular weight is 343 g/mol. The van der Waals surface area contributed by atoms with Gasteiger partial charge in [0.15, 0.2) is 0 Å². The lowest BCUT2D eigenvalue weighted by atomic mass is 10.1. The number of methoxy groups -OCH3 is 1. The standard InChI is InChI=1S/C19H21NO5/c1-24-19(23)17(20-18(22)12-21)11-15-8-5-9-16(10-15)25-13-14-6-3-2-4-7-14/h2-10,17,21H,11-13H2,1H3,(H,20,22)/t17-/m1/s1. The molecule has 6 nitrogen and oxygen atoms in total. The van der Waals surface area contributed by atoms with Gasteiger partial charge in [0.25, 0.3) is 0 Å². The molecule has 0 aliphatic heterocycles. The van der Waals surface area contributed by atoms with Crippen molar-refractivity contribution >= 4 is 11.9 Å². The molecule has 0 heterocycles. The Kier molecular flexibility index (Phi) is 6.98. The molecule has 0 saturated heterocycles. The number of amides is 1. The van der Waals surface area contributed by atoms with Crippen LogP contribution in [0, 0.1) is 0 Å². The third-order valence-electron chi connectivity index (χ3n) is 3.55. The van der Waals surface area contributed by atoms with Crippen molar-refractivity contribution in [3.63, 3.8) is 0 Å². The lowest BCUT2D eigenvalue weighted by Crippen LogP contribution is -2.44. The number of aliphatic hydroxyl groups is 1. The van der Waals surface area contributed by atoms with Crippen LogP contribution in [0.1, 0.15) is 11.1 Å². The molecule has 0 unspecified atom stereocenters. The zero-order valence-electron chi connectivity index (χ0n) is 14.0. The number of carbonyl (C=O) groups excluding carboxylic acids is 2. The summed E-state index contributed by atoms with van der Waals surface area (Å²) in [7, 11) is 1.25. The van der Waals surface area contributed by atoms with Crippen molar-refractivity contribution in [2.45, 2.75) is 19.1 Å². The first-order chi connectivity index (χ1) is 12.1. The Balaban J connectivity index is 2.03. The average Bonchev–Trinajstić information content (AvgIpc) is 2.66. The molecule has 0 aliphatic carbocycles. The van der Waals surface area contributed by atoms with Crippen LogP contribution in [-0.2, 0) is 27.4 Å². The second-order valence-electron chi connectivity index (χ2n) is 5.43. The molecule has 0 bridgehead atoms. The molecule has 0 aromatic heterocycles. The molecular formula is C19H21NO5. The molecule has 2 aromatic rings. The van der Waals surface area contributed by atoms with Gasteiger partial charge in [-0.25, -0.2) is 4.79 Å². The highest BCUT2D eigenvalue weighted by molar-refractivity contribution is 5.85. The molecule has 2 N–H and O–H groups in total. The van der Waals surface area contributed by atoms with E-state index in [2.05, 4.69) is 5.32 Å². The Morgan fingerprint density at radius 1 is 1.08 bits per heavy atom. The number of rotatable bonds is 8. The maximum atomic E-state index is 11.8. The molecule has 0 saturated carbocycles. The Morgan fingerprint density at radius 2 is 1.80 bits per heavy atom. The van der Waals surface area contributed by atoms with E-state index in [-0.39, 0.29) is 6.42 Å². The molecule has 1 atom stereocenters. The van der Waals surface area contributed by atoms with E-state index in [1.807, 2.05) is 54.6 Å². The molecule has 25 heavy (non-hydrogen) atoms. The zero-order chi connectivity index (χ0) is 18.1. The minimum atomic E-state index is -0.867. The third kappa shape index (κ3) is 5.93. The fourth-order valence-corrected chi connectivity index (χ4v) is 2.31. The van der Waals surface area contributed by atoms with Gasteiger partial charge >= 0.3 is 5.97 Å². The van der Waals surface area contributed by atoms with Crippen molar-refractivity contribution < 1.29 is 24.2 Å². The zero-order valence-corrected chi connectivity index (χ0v) is 14.0. The number of carbonyl (C=O) groups is 2. The van der Waals surface area contributed by atoms with Gasteiger partial charge in [-0.05, 0) is 23.3 Å². The number of hydrogen-bond donors (Lipinski definition) is 2. The molecule has 0 fully saturated rings. The van der Waals surface area contributed by atoms with Crippen LogP contribution in [0.2, 0.25) is 0 Å². The van der Waals surface area contributed by atoms with E-state index in [0.717, 1.165) is 11.1 Å². The highest BCUT2D eigenvalue weighted by atomic mass is 16.5. The third-order valence-corrected chi connectivity index (χ3v) is 3.55. The topological polar surface area (TPSA) is 84.9 Å². The van der Waals surface area contributed by atoms with Crippen LogP contribution in [0.15, 0.2) is 54.6 Å². The summed E-state index contributed by atoms with van der Waals surface area (Å²) in [6.07, 6.45) is 0.237. The Labute approximate surface area is 146 Å². The fourth-order valence-electron chi connectivity index (χ4n) is 2.31. The van der Waals surface area contributed by atoms with Gasteiger partial charge in [0, 0.05) is 6.42 Å². The van der Waals surface area contributed by atoms with Crippen LogP contribution in [0.3, 0.4) is 0 Å². The van der Waals surface area contributed by atoms with Crippen molar-refractivity contribution in [3.8, 4) is 5.75 Å². The molecule has 2 rings (SSSR count). The van der Waals surface area contributed by atoms with Gasteiger partial charge in [-0.2, -0.15) is 0 Å². The smallest absolute Gasteiger partial charge is 0.328 e. The number of nitrogens with one attached hydrogen (secondary N) is 1. The Morgan fingerprint density at radius 3 is 2.48 bits per heavy atom. The van der Waals surface area contributed by atoms with Crippen molar-refractivity contribution in [2.75, 3.05) is 13.7 Å². The SMILES string of the molecule is COC(=O)[C@@H](Cc1cccc(OCc2ccccc2)c1)NC(=O)CO. The van der Waals surface area contributed by atoms with Gasteiger partial charge in [0.1, 0.15) is 25.0 Å². The van der Waals surface area contributed by atoms with Gasteiger partial charge in [0.2, 0.25) is 5.91 Å². The molecule has 0 spiro atoms. The van der Waals surface area contributed by atoms with E-state index in [1.165, 1.54) is 7.11 Å². The molecular weight excluding hydrogens is 322 g/mol. The summed E-state index contributed by atoms with van der Waals surface area (Å²) in [6.45, 7) is -0.250. The first-order valence-electron chi connectivity index (χ1n) is 7.86. The van der Waals surface area contributed by atoms with Crippen molar-refractivity contribution in [1.82, 2.24) is 5.32 Å². The summed E-state index contributed by atoms with van der Waals surface area (Å²) in [5, 5.41) is 11.3. The number of ether oxygens (including phenoxy) is 2. The molecule has 6 heteroatoms. The molecule has 1 amide bonds. The lowest BCUT2D eigenvalue weighted by Gasteiger charge is -2.16. The van der Waals surface area contributed by atoms with Gasteiger partial charge in [-0.3, -0.25) is 4.79 Å². The molecule has 2 aromatic carbocycles. The maximum Gasteiger partial charge on any atom is 0.328 e. The van der Waals surface area contributed by atoms with E-state index in [9.17, 15) is 9.59 Å². The van der Waals surface area contributed by atoms with Crippen LogP contribution in [0.5, 0.6) is 5.75 Å². The van der Waals surface area contributed by atoms with Crippen molar-refractivity contribution in [1.29, 1.82) is 0 Å². The van der Waals surface area contributed by atoms with Gasteiger partial charge in [-0.1, -0.05) is 42.5 Å². The Hall–Kier alpha value is -2.86. The highest BCUT2D eigenvalue weighted by Gasteiger charge is 2.21. The van der Waals surface area contributed by atoms with Crippen LogP contribution in [0.4, 0.5) is 0 Å². The number of esters is 1. The summed E-state index contributed by atoms with van der Waals surface area (Å²) in [4.78, 5) is 23.2. The van der Waals surface area contributed by atoms with Crippen molar-refractivity contribution in [3.05, 3.63) is 65.7 Å². The molecule has 0 aliphatic rings. The van der Waals surface area contributed by atoms with E-state index in [4.69, 9.17) is 14.6 Å². The van der Waals surface area contributed by atoms with E-state index in [1.54, 1.807) is 0 Å².